The molecule has 0 radical (unpaired) electrons. The standard InChI is InChI=1S/C16H25N3O7/c1-9(17-12(20)6-3-7-13(21)22)14(23)18-10(2)15(24)19-8-4-5-11(19)16(25)26/h9-11H,3-8H2,1-2H3,(H,17,20)(H,18,23)(H,21,22)(H,25,26). The van der Waals surface area contributed by atoms with Crippen LogP contribution in [0.5, 0.6) is 0 Å². The summed E-state index contributed by atoms with van der Waals surface area (Å²) in [6.45, 7) is 3.22. The second kappa shape index (κ2) is 9.73. The summed E-state index contributed by atoms with van der Waals surface area (Å²) >= 11 is 0. The van der Waals surface area contributed by atoms with Crippen molar-refractivity contribution in [3.8, 4) is 0 Å². The lowest BCUT2D eigenvalue weighted by atomic mass is 10.2. The van der Waals surface area contributed by atoms with E-state index in [1.54, 1.807) is 0 Å². The number of hydrogen-bond acceptors (Lipinski definition) is 5. The molecule has 0 spiro atoms. The van der Waals surface area contributed by atoms with Gasteiger partial charge in [0.2, 0.25) is 17.7 Å². The van der Waals surface area contributed by atoms with Crippen LogP contribution in [0, 0.1) is 0 Å². The van der Waals surface area contributed by atoms with Gasteiger partial charge in [0.05, 0.1) is 0 Å². The summed E-state index contributed by atoms with van der Waals surface area (Å²) in [6, 6.07) is -2.71. The van der Waals surface area contributed by atoms with Crippen LogP contribution in [-0.2, 0) is 24.0 Å². The van der Waals surface area contributed by atoms with Gasteiger partial charge in [-0.15, -0.1) is 0 Å². The number of rotatable bonds is 9. The number of aliphatic carboxylic acids is 2. The van der Waals surface area contributed by atoms with Gasteiger partial charge in [-0.05, 0) is 33.1 Å². The van der Waals surface area contributed by atoms with E-state index in [2.05, 4.69) is 10.6 Å². The number of carboxylic acids is 2. The SMILES string of the molecule is CC(NC(=O)CCCC(=O)O)C(=O)NC(C)C(=O)N1CCCC1C(=O)O. The van der Waals surface area contributed by atoms with Crippen LogP contribution in [0.1, 0.15) is 46.0 Å². The second-order valence-corrected chi connectivity index (χ2v) is 6.29. The maximum atomic E-state index is 12.4. The van der Waals surface area contributed by atoms with Gasteiger partial charge in [0.15, 0.2) is 0 Å². The van der Waals surface area contributed by atoms with Gasteiger partial charge in [-0.3, -0.25) is 19.2 Å². The summed E-state index contributed by atoms with van der Waals surface area (Å²) in [5.74, 6) is -3.60. The molecule has 0 aromatic heterocycles. The fourth-order valence-corrected chi connectivity index (χ4v) is 2.72. The van der Waals surface area contributed by atoms with Gasteiger partial charge >= 0.3 is 11.9 Å². The van der Waals surface area contributed by atoms with E-state index in [0.717, 1.165) is 0 Å². The fourth-order valence-electron chi connectivity index (χ4n) is 2.72. The van der Waals surface area contributed by atoms with Crippen LogP contribution in [0.3, 0.4) is 0 Å². The topological polar surface area (TPSA) is 153 Å². The first kappa shape index (κ1) is 21.4. The molecule has 3 unspecified atom stereocenters. The van der Waals surface area contributed by atoms with Crippen molar-refractivity contribution in [1.82, 2.24) is 15.5 Å². The van der Waals surface area contributed by atoms with Gasteiger partial charge in [0, 0.05) is 19.4 Å². The normalized spacial score (nSPS) is 18.7. The van der Waals surface area contributed by atoms with Crippen molar-refractivity contribution in [3.05, 3.63) is 0 Å². The largest absolute Gasteiger partial charge is 0.481 e. The first-order valence-electron chi connectivity index (χ1n) is 8.48. The van der Waals surface area contributed by atoms with Crippen LogP contribution < -0.4 is 10.6 Å². The molecule has 0 aliphatic carbocycles. The van der Waals surface area contributed by atoms with Crippen LogP contribution in [0.4, 0.5) is 0 Å². The third-order valence-electron chi connectivity index (χ3n) is 4.12. The lowest BCUT2D eigenvalue weighted by Gasteiger charge is -2.26. The molecule has 0 aromatic carbocycles. The minimum atomic E-state index is -1.07. The predicted molar refractivity (Wildman–Crippen MR) is 89.1 cm³/mol. The Bertz CT molecular complexity index is 578. The molecule has 1 aliphatic rings. The minimum absolute atomic E-state index is 0.0214. The molecule has 10 heteroatoms. The molecule has 0 saturated carbocycles. The number of hydrogen-bond donors (Lipinski definition) is 4. The van der Waals surface area contributed by atoms with E-state index in [1.807, 2.05) is 0 Å². The van der Waals surface area contributed by atoms with Gasteiger partial charge in [0.1, 0.15) is 18.1 Å². The van der Waals surface area contributed by atoms with Crippen molar-refractivity contribution < 1.29 is 34.2 Å². The minimum Gasteiger partial charge on any atom is -0.481 e. The van der Waals surface area contributed by atoms with E-state index in [4.69, 9.17) is 10.2 Å². The highest BCUT2D eigenvalue weighted by Crippen LogP contribution is 2.18. The summed E-state index contributed by atoms with van der Waals surface area (Å²) in [5, 5.41) is 22.5. The highest BCUT2D eigenvalue weighted by Gasteiger charge is 2.36. The number of amides is 3. The van der Waals surface area contributed by atoms with E-state index in [1.165, 1.54) is 18.7 Å². The first-order chi connectivity index (χ1) is 12.1. The molecule has 146 valence electrons. The zero-order valence-corrected chi connectivity index (χ0v) is 14.9. The quantitative estimate of drug-likeness (QED) is 0.419. The molecular weight excluding hydrogens is 346 g/mol. The Hall–Kier alpha value is -2.65. The van der Waals surface area contributed by atoms with Gasteiger partial charge in [0.25, 0.3) is 0 Å². The Kier molecular flexibility index (Phi) is 8.01. The zero-order valence-electron chi connectivity index (χ0n) is 14.9. The lowest BCUT2D eigenvalue weighted by molar-refractivity contribution is -0.149. The second-order valence-electron chi connectivity index (χ2n) is 6.29. The average molecular weight is 371 g/mol. The summed E-state index contributed by atoms with van der Waals surface area (Å²) in [4.78, 5) is 58.9. The third kappa shape index (κ3) is 6.34. The zero-order chi connectivity index (χ0) is 19.9. The molecule has 1 rings (SSSR count). The highest BCUT2D eigenvalue weighted by molar-refractivity contribution is 5.93. The smallest absolute Gasteiger partial charge is 0.326 e. The number of nitrogens with one attached hydrogen (secondary N) is 2. The Morgan fingerprint density at radius 1 is 1.04 bits per heavy atom. The Balaban J connectivity index is 2.47. The summed E-state index contributed by atoms with van der Waals surface area (Å²) in [6.07, 6.45) is 0.971. The Labute approximate surface area is 150 Å². The lowest BCUT2D eigenvalue weighted by Crippen LogP contribution is -2.54. The molecule has 3 amide bonds. The van der Waals surface area contributed by atoms with Gasteiger partial charge in [-0.1, -0.05) is 0 Å². The Morgan fingerprint density at radius 3 is 2.27 bits per heavy atom. The molecule has 4 N–H and O–H groups in total. The average Bonchev–Trinajstić information content (AvgIpc) is 3.03. The van der Waals surface area contributed by atoms with Crippen molar-refractivity contribution in [1.29, 1.82) is 0 Å². The summed E-state index contributed by atoms with van der Waals surface area (Å²) in [5.41, 5.74) is 0. The van der Waals surface area contributed by atoms with Gasteiger partial charge in [-0.2, -0.15) is 0 Å². The molecule has 0 bridgehead atoms. The molecule has 26 heavy (non-hydrogen) atoms. The first-order valence-corrected chi connectivity index (χ1v) is 8.48. The summed E-state index contributed by atoms with van der Waals surface area (Å²) in [7, 11) is 0. The molecular formula is C16H25N3O7. The van der Waals surface area contributed by atoms with Gasteiger partial charge < -0.3 is 25.7 Å². The van der Waals surface area contributed by atoms with E-state index < -0.39 is 47.8 Å². The van der Waals surface area contributed by atoms with Crippen molar-refractivity contribution >= 4 is 29.7 Å². The maximum Gasteiger partial charge on any atom is 0.326 e. The van der Waals surface area contributed by atoms with Crippen molar-refractivity contribution in [2.45, 2.75) is 64.1 Å². The molecule has 1 heterocycles. The fraction of sp³-hybridized carbons (Fsp3) is 0.688. The monoisotopic (exact) mass is 371 g/mol. The van der Waals surface area contributed by atoms with E-state index in [9.17, 15) is 24.0 Å². The van der Waals surface area contributed by atoms with E-state index >= 15 is 0 Å². The molecule has 10 nitrogen and oxygen atoms in total. The predicted octanol–water partition coefficient (Wildman–Crippen LogP) is -0.674. The van der Waals surface area contributed by atoms with E-state index in [0.29, 0.717) is 19.4 Å². The molecule has 3 atom stereocenters. The Morgan fingerprint density at radius 2 is 1.69 bits per heavy atom. The number of carbonyl (C=O) groups is 5. The van der Waals surface area contributed by atoms with Crippen molar-refractivity contribution in [3.63, 3.8) is 0 Å². The molecule has 1 saturated heterocycles. The summed E-state index contributed by atoms with van der Waals surface area (Å²) < 4.78 is 0. The van der Waals surface area contributed by atoms with Crippen LogP contribution in [-0.4, -0.2) is 69.4 Å². The molecule has 0 aromatic rings. The van der Waals surface area contributed by atoms with E-state index in [-0.39, 0.29) is 19.3 Å². The highest BCUT2D eigenvalue weighted by atomic mass is 16.4. The number of likely N-dealkylation sites (tertiary alicyclic amines) is 1. The van der Waals surface area contributed by atoms with Crippen LogP contribution in [0.25, 0.3) is 0 Å². The number of carboxylic acid groups (broad SMARTS) is 2. The number of nitrogens with zero attached hydrogens (tertiary/aromatic N) is 1. The van der Waals surface area contributed by atoms with Gasteiger partial charge in [-0.25, -0.2) is 4.79 Å². The van der Waals surface area contributed by atoms with Crippen LogP contribution >= 0.6 is 0 Å². The van der Waals surface area contributed by atoms with Crippen LogP contribution in [0.2, 0.25) is 0 Å². The van der Waals surface area contributed by atoms with Crippen LogP contribution in [0.15, 0.2) is 0 Å². The van der Waals surface area contributed by atoms with Crippen molar-refractivity contribution in [2.24, 2.45) is 0 Å². The third-order valence-corrected chi connectivity index (χ3v) is 4.12. The molecule has 1 fully saturated rings. The molecule has 1 aliphatic heterocycles. The number of carbonyl (C=O) groups excluding carboxylic acids is 3. The van der Waals surface area contributed by atoms with Crippen molar-refractivity contribution in [2.75, 3.05) is 6.54 Å². The maximum absolute atomic E-state index is 12.4.